The van der Waals surface area contributed by atoms with Crippen LogP contribution in [0.1, 0.15) is 5.01 Å². The third-order valence-corrected chi connectivity index (χ3v) is 3.22. The second kappa shape index (κ2) is 7.06. The van der Waals surface area contributed by atoms with Crippen molar-refractivity contribution >= 4 is 34.1 Å². The zero-order valence-electron chi connectivity index (χ0n) is 10.7. The third-order valence-electron chi connectivity index (χ3n) is 2.22. The fourth-order valence-electron chi connectivity index (χ4n) is 1.35. The predicted molar refractivity (Wildman–Crippen MR) is 78.6 cm³/mol. The maximum Gasteiger partial charge on any atom is 0.321 e. The molecule has 0 atom stereocenters. The van der Waals surface area contributed by atoms with Gasteiger partial charge in [0.15, 0.2) is 0 Å². The van der Waals surface area contributed by atoms with Gasteiger partial charge in [-0.05, 0) is 31.2 Å². The summed E-state index contributed by atoms with van der Waals surface area (Å²) in [5, 5.41) is 14.8. The number of anilines is 1. The molecule has 2 N–H and O–H groups in total. The topological polar surface area (TPSA) is 76.1 Å². The van der Waals surface area contributed by atoms with E-state index in [2.05, 4.69) is 20.8 Å². The zero-order chi connectivity index (χ0) is 14.4. The quantitative estimate of drug-likeness (QED) is 0.832. The van der Waals surface area contributed by atoms with E-state index in [1.807, 2.05) is 6.92 Å². The number of hydrogen-bond acceptors (Lipinski definition) is 5. The minimum absolute atomic E-state index is 0.333. The normalized spacial score (nSPS) is 10.1. The van der Waals surface area contributed by atoms with Crippen molar-refractivity contribution in [1.82, 2.24) is 15.5 Å². The summed E-state index contributed by atoms with van der Waals surface area (Å²) in [7, 11) is 0. The summed E-state index contributed by atoms with van der Waals surface area (Å²) in [4.78, 5) is 11.5. The molecule has 1 aromatic heterocycles. The second-order valence-electron chi connectivity index (χ2n) is 3.81. The molecule has 0 fully saturated rings. The van der Waals surface area contributed by atoms with E-state index >= 15 is 0 Å². The fourth-order valence-corrected chi connectivity index (χ4v) is 2.07. The molecule has 0 radical (unpaired) electrons. The van der Waals surface area contributed by atoms with Crippen molar-refractivity contribution < 1.29 is 9.53 Å². The minimum atomic E-state index is -0.333. The van der Waals surface area contributed by atoms with Crippen LogP contribution in [0.25, 0.3) is 0 Å². The molecule has 0 saturated heterocycles. The van der Waals surface area contributed by atoms with Crippen molar-refractivity contribution in [2.45, 2.75) is 6.92 Å². The number of ether oxygens (including phenoxy) is 1. The molecular weight excluding hydrogens is 300 g/mol. The summed E-state index contributed by atoms with van der Waals surface area (Å²) in [6, 6.07) is 6.70. The molecule has 0 aliphatic carbocycles. The number of rotatable bonds is 5. The van der Waals surface area contributed by atoms with Crippen LogP contribution in [0.15, 0.2) is 24.3 Å². The molecule has 0 aliphatic rings. The van der Waals surface area contributed by atoms with E-state index in [0.717, 1.165) is 5.01 Å². The number of carbonyl (C=O) groups is 1. The Bertz CT molecular complexity index is 573. The van der Waals surface area contributed by atoms with Gasteiger partial charge < -0.3 is 10.1 Å². The molecule has 2 amide bonds. The highest BCUT2D eigenvalue weighted by atomic mass is 35.5. The molecule has 2 aromatic rings. The van der Waals surface area contributed by atoms with Crippen LogP contribution in [0, 0.1) is 6.92 Å². The number of aryl methyl sites for hydroxylation is 1. The molecule has 0 unspecified atom stereocenters. The molecule has 0 spiro atoms. The van der Waals surface area contributed by atoms with Gasteiger partial charge in [-0.3, -0.25) is 5.32 Å². The maximum absolute atomic E-state index is 11.5. The van der Waals surface area contributed by atoms with Crippen LogP contribution < -0.4 is 15.4 Å². The molecule has 20 heavy (non-hydrogen) atoms. The Hall–Kier alpha value is -1.86. The van der Waals surface area contributed by atoms with Crippen molar-refractivity contribution in [3.8, 4) is 5.75 Å². The van der Waals surface area contributed by atoms with Crippen molar-refractivity contribution in [2.24, 2.45) is 0 Å². The Balaban J connectivity index is 1.65. The Morgan fingerprint density at radius 3 is 2.75 bits per heavy atom. The Labute approximate surface area is 125 Å². The van der Waals surface area contributed by atoms with Crippen LogP contribution in [0.3, 0.4) is 0 Å². The Kier molecular flexibility index (Phi) is 5.14. The lowest BCUT2D eigenvalue weighted by atomic mass is 10.3. The lowest BCUT2D eigenvalue weighted by Crippen LogP contribution is -2.32. The summed E-state index contributed by atoms with van der Waals surface area (Å²) < 4.78 is 5.44. The van der Waals surface area contributed by atoms with E-state index in [1.54, 1.807) is 24.3 Å². The maximum atomic E-state index is 11.5. The Morgan fingerprint density at radius 2 is 2.10 bits per heavy atom. The molecule has 0 saturated carbocycles. The van der Waals surface area contributed by atoms with E-state index in [9.17, 15) is 4.79 Å². The van der Waals surface area contributed by atoms with Gasteiger partial charge in [0.25, 0.3) is 0 Å². The fraction of sp³-hybridized carbons (Fsp3) is 0.250. The van der Waals surface area contributed by atoms with Gasteiger partial charge in [-0.15, -0.1) is 10.2 Å². The minimum Gasteiger partial charge on any atom is -0.492 e. The van der Waals surface area contributed by atoms with Crippen LogP contribution in [0.2, 0.25) is 5.02 Å². The number of hydrogen-bond donors (Lipinski definition) is 2. The first-order valence-electron chi connectivity index (χ1n) is 5.87. The van der Waals surface area contributed by atoms with Gasteiger partial charge in [0.05, 0.1) is 6.54 Å². The van der Waals surface area contributed by atoms with Crippen molar-refractivity contribution in [3.63, 3.8) is 0 Å². The summed E-state index contributed by atoms with van der Waals surface area (Å²) in [5.74, 6) is 0.705. The lowest BCUT2D eigenvalue weighted by Gasteiger charge is -2.07. The highest BCUT2D eigenvalue weighted by molar-refractivity contribution is 7.15. The van der Waals surface area contributed by atoms with E-state index in [4.69, 9.17) is 16.3 Å². The molecule has 2 rings (SSSR count). The molecule has 0 bridgehead atoms. The van der Waals surface area contributed by atoms with Crippen molar-refractivity contribution in [3.05, 3.63) is 34.3 Å². The molecular formula is C12H13ClN4O2S. The van der Waals surface area contributed by atoms with Crippen molar-refractivity contribution in [2.75, 3.05) is 18.5 Å². The molecule has 106 valence electrons. The van der Waals surface area contributed by atoms with Crippen LogP contribution >= 0.6 is 22.9 Å². The van der Waals surface area contributed by atoms with Gasteiger partial charge in [0.1, 0.15) is 17.4 Å². The van der Waals surface area contributed by atoms with Gasteiger partial charge in [-0.2, -0.15) is 0 Å². The number of aromatic nitrogens is 2. The standard InChI is InChI=1S/C12H13ClN4O2S/c1-8-16-17-12(20-8)15-11(18)14-6-7-19-10-4-2-9(13)3-5-10/h2-5H,6-7H2,1H3,(H2,14,15,17,18). The Morgan fingerprint density at radius 1 is 1.35 bits per heavy atom. The van der Waals surface area contributed by atoms with E-state index in [1.165, 1.54) is 11.3 Å². The van der Waals surface area contributed by atoms with Gasteiger partial charge >= 0.3 is 6.03 Å². The largest absolute Gasteiger partial charge is 0.492 e. The lowest BCUT2D eigenvalue weighted by molar-refractivity contribution is 0.247. The molecule has 8 heteroatoms. The SMILES string of the molecule is Cc1nnc(NC(=O)NCCOc2ccc(Cl)cc2)s1. The smallest absolute Gasteiger partial charge is 0.321 e. The zero-order valence-corrected chi connectivity index (χ0v) is 12.3. The average molecular weight is 313 g/mol. The number of urea groups is 1. The summed E-state index contributed by atoms with van der Waals surface area (Å²) in [6.45, 7) is 2.57. The molecule has 1 heterocycles. The van der Waals surface area contributed by atoms with E-state index in [0.29, 0.717) is 29.1 Å². The average Bonchev–Trinajstić information content (AvgIpc) is 2.82. The molecule has 6 nitrogen and oxygen atoms in total. The van der Waals surface area contributed by atoms with Crippen molar-refractivity contribution in [1.29, 1.82) is 0 Å². The number of amides is 2. The molecule has 0 aliphatic heterocycles. The molecule has 1 aromatic carbocycles. The van der Waals surface area contributed by atoms with Gasteiger partial charge in [-0.1, -0.05) is 22.9 Å². The first-order valence-corrected chi connectivity index (χ1v) is 7.06. The highest BCUT2D eigenvalue weighted by Gasteiger charge is 2.05. The summed E-state index contributed by atoms with van der Waals surface area (Å²) >= 11 is 7.08. The van der Waals surface area contributed by atoms with E-state index in [-0.39, 0.29) is 6.03 Å². The highest BCUT2D eigenvalue weighted by Crippen LogP contribution is 2.15. The van der Waals surface area contributed by atoms with Crippen LogP contribution in [-0.4, -0.2) is 29.4 Å². The number of halogens is 1. The predicted octanol–water partition coefficient (Wildman–Crippen LogP) is 2.70. The number of benzene rings is 1. The van der Waals surface area contributed by atoms with Crippen LogP contribution in [0.5, 0.6) is 5.75 Å². The first-order chi connectivity index (χ1) is 9.63. The number of nitrogens with one attached hydrogen (secondary N) is 2. The van der Waals surface area contributed by atoms with E-state index < -0.39 is 0 Å². The number of carbonyl (C=O) groups excluding carboxylic acids is 1. The second-order valence-corrected chi connectivity index (χ2v) is 5.43. The summed E-state index contributed by atoms with van der Waals surface area (Å²) in [6.07, 6.45) is 0. The van der Waals surface area contributed by atoms with Gasteiger partial charge in [0, 0.05) is 5.02 Å². The third kappa shape index (κ3) is 4.67. The van der Waals surface area contributed by atoms with Crippen LogP contribution in [0.4, 0.5) is 9.93 Å². The number of nitrogens with zero attached hydrogens (tertiary/aromatic N) is 2. The van der Waals surface area contributed by atoms with Gasteiger partial charge in [-0.25, -0.2) is 4.79 Å². The monoisotopic (exact) mass is 312 g/mol. The summed E-state index contributed by atoms with van der Waals surface area (Å²) in [5.41, 5.74) is 0. The van der Waals surface area contributed by atoms with Crippen LogP contribution in [-0.2, 0) is 0 Å². The van der Waals surface area contributed by atoms with Gasteiger partial charge in [0.2, 0.25) is 5.13 Å². The first kappa shape index (κ1) is 14.5.